The average molecular weight is 312 g/mol. The maximum absolute atomic E-state index is 11.7. The van der Waals surface area contributed by atoms with Crippen molar-refractivity contribution in [1.29, 1.82) is 0 Å². The number of nitrogens with two attached hydrogens (primary N) is 1. The van der Waals surface area contributed by atoms with Gasteiger partial charge in [-0.05, 0) is 31.2 Å². The first-order chi connectivity index (χ1) is 11.0. The Morgan fingerprint density at radius 3 is 2.48 bits per heavy atom. The van der Waals surface area contributed by atoms with Crippen LogP contribution in [0, 0.1) is 6.92 Å². The summed E-state index contributed by atoms with van der Waals surface area (Å²) in [6, 6.07) is 12.4. The van der Waals surface area contributed by atoms with Gasteiger partial charge >= 0.3 is 11.8 Å². The molecule has 0 aliphatic rings. The molecule has 2 rings (SSSR count). The van der Waals surface area contributed by atoms with E-state index in [2.05, 4.69) is 15.3 Å². The van der Waals surface area contributed by atoms with Crippen LogP contribution >= 0.6 is 0 Å². The maximum atomic E-state index is 11.7. The highest BCUT2D eigenvalue weighted by Gasteiger charge is 2.17. The summed E-state index contributed by atoms with van der Waals surface area (Å²) in [5.74, 6) is -1.67. The highest BCUT2D eigenvalue weighted by molar-refractivity contribution is 6.38. The van der Waals surface area contributed by atoms with Crippen molar-refractivity contribution in [3.05, 3.63) is 53.7 Å². The van der Waals surface area contributed by atoms with E-state index >= 15 is 0 Å². The first-order valence-corrected chi connectivity index (χ1v) is 6.78. The molecule has 7 nitrogen and oxygen atoms in total. The van der Waals surface area contributed by atoms with Gasteiger partial charge in [0.1, 0.15) is 5.84 Å². The van der Waals surface area contributed by atoms with E-state index < -0.39 is 11.8 Å². The molecular formula is C16H16N4O3. The number of primary amides is 1. The second-order valence-electron chi connectivity index (χ2n) is 4.62. The zero-order chi connectivity index (χ0) is 16.8. The molecule has 0 atom stereocenters. The van der Waals surface area contributed by atoms with Crippen molar-refractivity contribution in [3.8, 4) is 5.88 Å². The maximum Gasteiger partial charge on any atom is 0.314 e. The Labute approximate surface area is 133 Å². The molecule has 23 heavy (non-hydrogen) atoms. The number of aryl methyl sites for hydroxylation is 1. The predicted octanol–water partition coefficient (Wildman–Crippen LogP) is 1.08. The Balaban J connectivity index is 2.51. The number of aliphatic imine (C=N–C) groups is 1. The summed E-state index contributed by atoms with van der Waals surface area (Å²) in [5, 5.41) is 2.39. The lowest BCUT2D eigenvalue weighted by atomic mass is 10.2. The molecule has 3 N–H and O–H groups in total. The Morgan fingerprint density at radius 1 is 1.17 bits per heavy atom. The predicted molar refractivity (Wildman–Crippen MR) is 85.5 cm³/mol. The van der Waals surface area contributed by atoms with Gasteiger partial charge in [0.2, 0.25) is 5.88 Å². The van der Waals surface area contributed by atoms with Crippen molar-refractivity contribution in [2.45, 2.75) is 6.92 Å². The van der Waals surface area contributed by atoms with E-state index in [9.17, 15) is 9.59 Å². The number of carbonyl (C=O) groups is 2. The van der Waals surface area contributed by atoms with Crippen molar-refractivity contribution in [2.75, 3.05) is 7.11 Å². The van der Waals surface area contributed by atoms with Gasteiger partial charge < -0.3 is 15.8 Å². The van der Waals surface area contributed by atoms with Crippen LogP contribution in [-0.4, -0.2) is 29.7 Å². The Bertz CT molecular complexity index is 757. The zero-order valence-corrected chi connectivity index (χ0v) is 12.7. The minimum absolute atomic E-state index is 0.129. The third-order valence-electron chi connectivity index (χ3n) is 2.90. The van der Waals surface area contributed by atoms with Crippen molar-refractivity contribution in [3.63, 3.8) is 0 Å². The summed E-state index contributed by atoms with van der Waals surface area (Å²) in [4.78, 5) is 31.3. The van der Waals surface area contributed by atoms with Gasteiger partial charge in [0.05, 0.1) is 18.4 Å². The van der Waals surface area contributed by atoms with E-state index in [4.69, 9.17) is 10.5 Å². The van der Waals surface area contributed by atoms with Crippen molar-refractivity contribution in [1.82, 2.24) is 10.3 Å². The Kier molecular flexibility index (Phi) is 5.03. The number of para-hydroxylation sites is 1. The van der Waals surface area contributed by atoms with E-state index in [-0.39, 0.29) is 11.7 Å². The van der Waals surface area contributed by atoms with Gasteiger partial charge in [-0.3, -0.25) is 9.59 Å². The normalized spacial score (nSPS) is 11.0. The number of amides is 2. The molecule has 0 saturated carbocycles. The molecule has 0 unspecified atom stereocenters. The standard InChI is InChI=1S/C16H16N4O3/c1-10-8-9-12(16(18-10)23-2)14(20-15(22)13(17)21)19-11-6-4-3-5-7-11/h3-9H,1-2H3,(H2,17,21)(H,19,20,22). The minimum Gasteiger partial charge on any atom is -0.480 e. The number of nitrogens with zero attached hydrogens (tertiary/aromatic N) is 2. The first kappa shape index (κ1) is 16.2. The molecule has 0 aliphatic heterocycles. The molecule has 1 heterocycles. The number of methoxy groups -OCH3 is 1. The highest BCUT2D eigenvalue weighted by atomic mass is 16.5. The summed E-state index contributed by atoms with van der Waals surface area (Å²) in [5.41, 5.74) is 6.77. The number of pyridine rings is 1. The van der Waals surface area contributed by atoms with E-state index in [1.165, 1.54) is 7.11 Å². The summed E-state index contributed by atoms with van der Waals surface area (Å²) in [6.07, 6.45) is 0. The SMILES string of the molecule is COc1nc(C)ccc1C(=Nc1ccccc1)NC(=O)C(N)=O. The molecule has 2 amide bonds. The van der Waals surface area contributed by atoms with Crippen LogP contribution < -0.4 is 15.8 Å². The average Bonchev–Trinajstić information content (AvgIpc) is 2.55. The van der Waals surface area contributed by atoms with Crippen LogP contribution in [0.3, 0.4) is 0 Å². The number of hydrogen-bond acceptors (Lipinski definition) is 5. The molecule has 0 bridgehead atoms. The van der Waals surface area contributed by atoms with Crippen LogP contribution in [0.4, 0.5) is 5.69 Å². The molecule has 0 radical (unpaired) electrons. The molecule has 0 fully saturated rings. The molecule has 7 heteroatoms. The summed E-state index contributed by atoms with van der Waals surface area (Å²) in [7, 11) is 1.46. The summed E-state index contributed by atoms with van der Waals surface area (Å²) >= 11 is 0. The fourth-order valence-corrected chi connectivity index (χ4v) is 1.82. The number of nitrogens with one attached hydrogen (secondary N) is 1. The molecule has 0 spiro atoms. The second-order valence-corrected chi connectivity index (χ2v) is 4.62. The van der Waals surface area contributed by atoms with E-state index in [1.807, 2.05) is 13.0 Å². The molecule has 0 aliphatic carbocycles. The monoisotopic (exact) mass is 312 g/mol. The number of hydrogen-bond donors (Lipinski definition) is 2. The Morgan fingerprint density at radius 2 is 1.87 bits per heavy atom. The van der Waals surface area contributed by atoms with E-state index in [1.54, 1.807) is 36.4 Å². The topological polar surface area (TPSA) is 107 Å². The van der Waals surface area contributed by atoms with Gasteiger partial charge in [-0.25, -0.2) is 9.98 Å². The summed E-state index contributed by atoms with van der Waals surface area (Å²) in [6.45, 7) is 1.81. The lowest BCUT2D eigenvalue weighted by Crippen LogP contribution is -2.40. The molecule has 118 valence electrons. The van der Waals surface area contributed by atoms with Crippen LogP contribution in [0.2, 0.25) is 0 Å². The van der Waals surface area contributed by atoms with E-state index in [0.29, 0.717) is 11.3 Å². The molecule has 1 aromatic carbocycles. The van der Waals surface area contributed by atoms with Crippen molar-refractivity contribution < 1.29 is 14.3 Å². The zero-order valence-electron chi connectivity index (χ0n) is 12.7. The van der Waals surface area contributed by atoms with E-state index in [0.717, 1.165) is 5.69 Å². The molecule has 0 saturated heterocycles. The molecule has 1 aromatic heterocycles. The number of carbonyl (C=O) groups excluding carboxylic acids is 2. The quantitative estimate of drug-likeness (QED) is 0.502. The molecule has 2 aromatic rings. The largest absolute Gasteiger partial charge is 0.480 e. The lowest BCUT2D eigenvalue weighted by molar-refractivity contribution is -0.136. The third kappa shape index (κ3) is 4.13. The van der Waals surface area contributed by atoms with Crippen LogP contribution in [0.1, 0.15) is 11.3 Å². The minimum atomic E-state index is -1.11. The van der Waals surface area contributed by atoms with Crippen molar-refractivity contribution in [2.24, 2.45) is 10.7 Å². The van der Waals surface area contributed by atoms with Gasteiger partial charge in [0.15, 0.2) is 0 Å². The summed E-state index contributed by atoms with van der Waals surface area (Å²) < 4.78 is 5.23. The van der Waals surface area contributed by atoms with Crippen LogP contribution in [0.15, 0.2) is 47.5 Å². The van der Waals surface area contributed by atoms with Crippen LogP contribution in [-0.2, 0) is 9.59 Å². The lowest BCUT2D eigenvalue weighted by Gasteiger charge is -2.11. The number of amidine groups is 1. The fraction of sp³-hybridized carbons (Fsp3) is 0.125. The van der Waals surface area contributed by atoms with Crippen LogP contribution in [0.25, 0.3) is 0 Å². The number of benzene rings is 1. The Hall–Kier alpha value is -3.22. The number of rotatable bonds is 3. The van der Waals surface area contributed by atoms with Gasteiger partial charge in [-0.1, -0.05) is 18.2 Å². The van der Waals surface area contributed by atoms with Gasteiger partial charge in [0, 0.05) is 5.69 Å². The smallest absolute Gasteiger partial charge is 0.314 e. The van der Waals surface area contributed by atoms with Gasteiger partial charge in [0.25, 0.3) is 0 Å². The van der Waals surface area contributed by atoms with Crippen molar-refractivity contribution >= 4 is 23.3 Å². The van der Waals surface area contributed by atoms with Gasteiger partial charge in [-0.15, -0.1) is 0 Å². The number of aromatic nitrogens is 1. The number of ether oxygens (including phenoxy) is 1. The van der Waals surface area contributed by atoms with Crippen LogP contribution in [0.5, 0.6) is 5.88 Å². The van der Waals surface area contributed by atoms with Gasteiger partial charge in [-0.2, -0.15) is 0 Å². The third-order valence-corrected chi connectivity index (χ3v) is 2.90. The first-order valence-electron chi connectivity index (χ1n) is 6.78. The molecular weight excluding hydrogens is 296 g/mol. The fourth-order valence-electron chi connectivity index (χ4n) is 1.82. The second kappa shape index (κ2) is 7.17. The highest BCUT2D eigenvalue weighted by Crippen LogP contribution is 2.19.